The van der Waals surface area contributed by atoms with Crippen LogP contribution in [0.1, 0.15) is 16.8 Å². The van der Waals surface area contributed by atoms with Gasteiger partial charge in [-0.05, 0) is 25.5 Å². The normalized spacial score (nSPS) is 11.1. The van der Waals surface area contributed by atoms with Crippen molar-refractivity contribution in [3.8, 4) is 5.69 Å². The summed E-state index contributed by atoms with van der Waals surface area (Å²) in [6.45, 7) is 3.56. The lowest BCUT2D eigenvalue weighted by Gasteiger charge is -2.04. The molecule has 0 bridgehead atoms. The summed E-state index contributed by atoms with van der Waals surface area (Å²) in [6, 6.07) is 10.4. The van der Waals surface area contributed by atoms with Crippen molar-refractivity contribution < 1.29 is 9.85 Å². The van der Waals surface area contributed by atoms with Gasteiger partial charge in [0.25, 0.3) is 16.9 Å². The second kappa shape index (κ2) is 7.27. The number of H-pyrrole nitrogens is 1. The van der Waals surface area contributed by atoms with Crippen LogP contribution in [0.3, 0.4) is 0 Å². The van der Waals surface area contributed by atoms with E-state index in [4.69, 9.17) is 0 Å². The first-order valence-corrected chi connectivity index (χ1v) is 8.13. The molecule has 0 spiro atoms. The molecule has 0 unspecified atom stereocenters. The number of hydrogen-bond donors (Lipinski definition) is 1. The van der Waals surface area contributed by atoms with Crippen LogP contribution in [0.5, 0.6) is 0 Å². The molecule has 0 saturated heterocycles. The summed E-state index contributed by atoms with van der Waals surface area (Å²) in [6.07, 6.45) is 1.24. The van der Waals surface area contributed by atoms with E-state index in [0.717, 1.165) is 23.8 Å². The maximum absolute atomic E-state index is 12.7. The lowest BCUT2D eigenvalue weighted by atomic mass is 10.2. The minimum absolute atomic E-state index is 0.00309. The number of aliphatic imine (C=N–C) groups is 1. The molecule has 1 N–H and O–H groups in total. The fourth-order valence-electron chi connectivity index (χ4n) is 2.70. The molecule has 1 heterocycles. The predicted molar refractivity (Wildman–Crippen MR) is 103 cm³/mol. The van der Waals surface area contributed by atoms with Crippen LogP contribution in [-0.4, -0.2) is 25.8 Å². The maximum Gasteiger partial charge on any atom is 0.280 e. The molecule has 3 rings (SSSR count). The van der Waals surface area contributed by atoms with Crippen molar-refractivity contribution in [1.29, 1.82) is 0 Å². The van der Waals surface area contributed by atoms with Gasteiger partial charge in [0.1, 0.15) is 0 Å². The largest absolute Gasteiger partial charge is 0.295 e. The van der Waals surface area contributed by atoms with Crippen molar-refractivity contribution in [2.45, 2.75) is 13.8 Å². The average molecular weight is 381 g/mol. The number of non-ortho nitro benzene ring substituents is 2. The van der Waals surface area contributed by atoms with Gasteiger partial charge in [-0.3, -0.25) is 35.1 Å². The fourth-order valence-corrected chi connectivity index (χ4v) is 2.70. The van der Waals surface area contributed by atoms with Crippen LogP contribution in [0.25, 0.3) is 5.69 Å². The second-order valence-electron chi connectivity index (χ2n) is 6.06. The number of aromatic nitrogens is 2. The van der Waals surface area contributed by atoms with Crippen molar-refractivity contribution in [1.82, 2.24) is 9.78 Å². The smallest absolute Gasteiger partial charge is 0.280 e. The molecule has 0 fully saturated rings. The van der Waals surface area contributed by atoms with Gasteiger partial charge >= 0.3 is 0 Å². The number of para-hydroxylation sites is 1. The molecule has 0 amide bonds. The third-order valence-electron chi connectivity index (χ3n) is 4.13. The first kappa shape index (κ1) is 18.7. The van der Waals surface area contributed by atoms with Gasteiger partial charge in [-0.1, -0.05) is 18.2 Å². The zero-order chi connectivity index (χ0) is 20.4. The Morgan fingerprint density at radius 3 is 2.21 bits per heavy atom. The third-order valence-corrected chi connectivity index (χ3v) is 4.13. The number of nitrogens with zero attached hydrogens (tertiary/aromatic N) is 4. The van der Waals surface area contributed by atoms with E-state index >= 15 is 0 Å². The van der Waals surface area contributed by atoms with Crippen molar-refractivity contribution >= 4 is 23.3 Å². The predicted octanol–water partition coefficient (Wildman–Crippen LogP) is 3.35. The number of aryl methyl sites for hydroxylation is 2. The highest BCUT2D eigenvalue weighted by Gasteiger charge is 2.17. The monoisotopic (exact) mass is 381 g/mol. The first-order valence-electron chi connectivity index (χ1n) is 8.13. The Balaban J connectivity index is 2.05. The Hall–Kier alpha value is -4.08. The molecule has 1 aromatic heterocycles. The number of nitrogens with one attached hydrogen (secondary N) is 1. The third kappa shape index (κ3) is 3.56. The lowest BCUT2D eigenvalue weighted by molar-refractivity contribution is -0.394. The molecule has 0 aliphatic carbocycles. The van der Waals surface area contributed by atoms with Gasteiger partial charge in [-0.25, -0.2) is 4.68 Å². The molecule has 3 aromatic rings. The van der Waals surface area contributed by atoms with E-state index in [1.807, 2.05) is 19.1 Å². The summed E-state index contributed by atoms with van der Waals surface area (Å²) in [7, 11) is 0. The van der Waals surface area contributed by atoms with Crippen LogP contribution in [-0.2, 0) is 0 Å². The first-order chi connectivity index (χ1) is 13.3. The van der Waals surface area contributed by atoms with Gasteiger partial charge in [-0.2, -0.15) is 0 Å². The van der Waals surface area contributed by atoms with Crippen LogP contribution in [0.4, 0.5) is 17.1 Å². The summed E-state index contributed by atoms with van der Waals surface area (Å²) in [5.74, 6) is 0. The quantitative estimate of drug-likeness (QED) is 0.410. The number of benzene rings is 2. The van der Waals surface area contributed by atoms with Gasteiger partial charge in [0.05, 0.1) is 32.9 Å². The van der Waals surface area contributed by atoms with Crippen molar-refractivity contribution in [3.63, 3.8) is 0 Å². The van der Waals surface area contributed by atoms with E-state index in [0.29, 0.717) is 11.4 Å². The number of nitro groups is 2. The lowest BCUT2D eigenvalue weighted by Crippen LogP contribution is -2.18. The standard InChI is InChI=1S/C18H15N5O5/c1-11-5-3-4-6-17(11)21-18(24)16(12(2)20-21)10-19-13-7-14(22(25)26)9-15(8-13)23(27)28/h3-10,20H,1-2H3. The van der Waals surface area contributed by atoms with Crippen LogP contribution in [0, 0.1) is 34.1 Å². The molecule has 142 valence electrons. The van der Waals surface area contributed by atoms with E-state index in [1.54, 1.807) is 19.1 Å². The Kier molecular flexibility index (Phi) is 4.86. The molecule has 0 atom stereocenters. The highest BCUT2D eigenvalue weighted by Crippen LogP contribution is 2.27. The molecule has 28 heavy (non-hydrogen) atoms. The Morgan fingerprint density at radius 1 is 1.04 bits per heavy atom. The fraction of sp³-hybridized carbons (Fsp3) is 0.111. The van der Waals surface area contributed by atoms with Crippen LogP contribution in [0.15, 0.2) is 52.3 Å². The maximum atomic E-state index is 12.7. The molecular weight excluding hydrogens is 366 g/mol. The van der Waals surface area contributed by atoms with E-state index in [2.05, 4.69) is 10.1 Å². The summed E-state index contributed by atoms with van der Waals surface area (Å²) >= 11 is 0. The van der Waals surface area contributed by atoms with E-state index < -0.39 is 21.2 Å². The number of rotatable bonds is 5. The topological polar surface area (TPSA) is 136 Å². The Morgan fingerprint density at radius 2 is 1.64 bits per heavy atom. The number of nitro benzene ring substituents is 2. The van der Waals surface area contributed by atoms with E-state index in [1.165, 1.54) is 10.9 Å². The molecule has 0 radical (unpaired) electrons. The van der Waals surface area contributed by atoms with Crippen molar-refractivity contribution in [2.75, 3.05) is 0 Å². The summed E-state index contributed by atoms with van der Waals surface area (Å²) in [5.41, 5.74) is 1.10. The van der Waals surface area contributed by atoms with Crippen LogP contribution < -0.4 is 5.56 Å². The van der Waals surface area contributed by atoms with Crippen molar-refractivity contribution in [3.05, 3.63) is 89.9 Å². The highest BCUT2D eigenvalue weighted by atomic mass is 16.6. The average Bonchev–Trinajstić information content (AvgIpc) is 2.93. The van der Waals surface area contributed by atoms with Gasteiger partial charge in [0.15, 0.2) is 0 Å². The second-order valence-corrected chi connectivity index (χ2v) is 6.06. The van der Waals surface area contributed by atoms with Crippen LogP contribution in [0.2, 0.25) is 0 Å². The Labute approximate surface area is 158 Å². The van der Waals surface area contributed by atoms with E-state index in [9.17, 15) is 25.0 Å². The number of hydrogen-bond acceptors (Lipinski definition) is 6. The van der Waals surface area contributed by atoms with Gasteiger partial charge in [-0.15, -0.1) is 0 Å². The highest BCUT2D eigenvalue weighted by molar-refractivity contribution is 5.83. The van der Waals surface area contributed by atoms with Gasteiger partial charge < -0.3 is 0 Å². The van der Waals surface area contributed by atoms with E-state index in [-0.39, 0.29) is 16.8 Å². The minimum atomic E-state index is -0.737. The van der Waals surface area contributed by atoms with Gasteiger partial charge in [0, 0.05) is 24.0 Å². The molecule has 10 nitrogen and oxygen atoms in total. The minimum Gasteiger partial charge on any atom is -0.295 e. The summed E-state index contributed by atoms with van der Waals surface area (Å²) < 4.78 is 1.38. The number of aromatic amines is 1. The molecular formula is C18H15N5O5. The summed E-state index contributed by atoms with van der Waals surface area (Å²) in [4.78, 5) is 37.3. The Bertz CT molecular complexity index is 1140. The SMILES string of the molecule is Cc1ccccc1-n1[nH]c(C)c(C=Nc2cc([N+](=O)[O-])cc([N+](=O)[O-])c2)c1=O. The molecule has 2 aromatic carbocycles. The van der Waals surface area contributed by atoms with Gasteiger partial charge in [0.2, 0.25) is 0 Å². The van der Waals surface area contributed by atoms with Crippen LogP contribution >= 0.6 is 0 Å². The molecule has 0 saturated carbocycles. The zero-order valence-corrected chi connectivity index (χ0v) is 14.9. The van der Waals surface area contributed by atoms with Crippen molar-refractivity contribution in [2.24, 2.45) is 4.99 Å². The zero-order valence-electron chi connectivity index (χ0n) is 14.9. The molecule has 0 aliphatic heterocycles. The molecule has 0 aliphatic rings. The summed E-state index contributed by atoms with van der Waals surface area (Å²) in [5, 5.41) is 24.9. The molecule has 10 heteroatoms.